The van der Waals surface area contributed by atoms with Crippen molar-refractivity contribution in [3.05, 3.63) is 57.2 Å². The van der Waals surface area contributed by atoms with E-state index in [2.05, 4.69) is 21.0 Å². The number of nitrogens with zero attached hydrogens (tertiary/aromatic N) is 2. The molecule has 0 fully saturated rings. The maximum atomic E-state index is 11.9. The number of halogens is 2. The molecule has 2 aromatic carbocycles. The third kappa shape index (κ3) is 5.16. The van der Waals surface area contributed by atoms with Crippen molar-refractivity contribution in [3.8, 4) is 5.75 Å². The molecule has 0 spiro atoms. The van der Waals surface area contributed by atoms with Crippen molar-refractivity contribution in [2.24, 2.45) is 0 Å². The van der Waals surface area contributed by atoms with Crippen LogP contribution >= 0.6 is 27.5 Å². The van der Waals surface area contributed by atoms with Gasteiger partial charge in [-0.3, -0.25) is 9.48 Å². The van der Waals surface area contributed by atoms with Gasteiger partial charge in [-0.15, -0.1) is 0 Å². The van der Waals surface area contributed by atoms with Crippen molar-refractivity contribution in [2.75, 3.05) is 6.61 Å². The maximum absolute atomic E-state index is 11.9. The van der Waals surface area contributed by atoms with Gasteiger partial charge in [-0.2, -0.15) is 5.10 Å². The number of hydrogen-bond acceptors (Lipinski definition) is 5. The van der Waals surface area contributed by atoms with Crippen LogP contribution in [0.1, 0.15) is 36.7 Å². The zero-order chi connectivity index (χ0) is 21.2. The Labute approximate surface area is 181 Å². The molecule has 0 unspecified atom stereocenters. The van der Waals surface area contributed by atoms with Crippen LogP contribution in [0.3, 0.4) is 0 Å². The van der Waals surface area contributed by atoms with Gasteiger partial charge < -0.3 is 9.47 Å². The minimum Gasteiger partial charge on any atom is -0.481 e. The van der Waals surface area contributed by atoms with E-state index in [1.54, 1.807) is 37.7 Å². The van der Waals surface area contributed by atoms with Gasteiger partial charge in [0, 0.05) is 14.9 Å². The molecule has 1 heterocycles. The molecule has 3 rings (SSSR count). The predicted molar refractivity (Wildman–Crippen MR) is 115 cm³/mol. The summed E-state index contributed by atoms with van der Waals surface area (Å²) in [7, 11) is 0. The van der Waals surface area contributed by atoms with Gasteiger partial charge in [-0.25, -0.2) is 4.79 Å². The van der Waals surface area contributed by atoms with E-state index in [0.717, 1.165) is 15.4 Å². The highest BCUT2D eigenvalue weighted by atomic mass is 79.9. The first-order valence-corrected chi connectivity index (χ1v) is 10.1. The number of aromatic nitrogens is 2. The quantitative estimate of drug-likeness (QED) is 0.366. The minimum atomic E-state index is -0.617. The molecule has 8 heteroatoms. The second-order valence-electron chi connectivity index (χ2n) is 7.45. The van der Waals surface area contributed by atoms with Crippen LogP contribution in [0.15, 0.2) is 41.0 Å². The standard InChI is InChI=1S/C21H20BrClN2O4/c1-21(2,3)29-20(27)12-28-19-8-13(17(23)7-14(19)11-26)10-25-18-6-4-5-16(22)15(18)9-24-25/h4-9,11H,10,12H2,1-3H3. The van der Waals surface area contributed by atoms with Crippen LogP contribution in [0.4, 0.5) is 0 Å². The summed E-state index contributed by atoms with van der Waals surface area (Å²) in [4.78, 5) is 23.4. The average molecular weight is 480 g/mol. The van der Waals surface area contributed by atoms with Gasteiger partial charge in [0.15, 0.2) is 12.9 Å². The molecular weight excluding hydrogens is 460 g/mol. The number of carbonyl (C=O) groups is 2. The Bertz CT molecular complexity index is 1070. The molecule has 0 radical (unpaired) electrons. The fourth-order valence-corrected chi connectivity index (χ4v) is 3.50. The Hall–Kier alpha value is -2.38. The van der Waals surface area contributed by atoms with E-state index in [1.807, 2.05) is 18.2 Å². The van der Waals surface area contributed by atoms with Crippen LogP contribution in [0, 0.1) is 0 Å². The molecule has 0 aliphatic rings. The molecule has 6 nitrogen and oxygen atoms in total. The van der Waals surface area contributed by atoms with Gasteiger partial charge in [0.05, 0.1) is 23.8 Å². The van der Waals surface area contributed by atoms with Crippen LogP contribution in [0.2, 0.25) is 5.02 Å². The number of aldehydes is 1. The average Bonchev–Trinajstić information content (AvgIpc) is 3.04. The Morgan fingerprint density at radius 1 is 1.31 bits per heavy atom. The lowest BCUT2D eigenvalue weighted by molar-refractivity contribution is -0.157. The molecule has 29 heavy (non-hydrogen) atoms. The first-order valence-electron chi connectivity index (χ1n) is 8.90. The smallest absolute Gasteiger partial charge is 0.344 e. The summed E-state index contributed by atoms with van der Waals surface area (Å²) in [6.07, 6.45) is 2.41. The minimum absolute atomic E-state index is 0.260. The van der Waals surface area contributed by atoms with Crippen LogP contribution < -0.4 is 4.74 Å². The van der Waals surface area contributed by atoms with Crippen molar-refractivity contribution >= 4 is 50.7 Å². The number of fused-ring (bicyclic) bond motifs is 1. The number of benzene rings is 2. The molecule has 0 aliphatic carbocycles. The van der Waals surface area contributed by atoms with E-state index < -0.39 is 11.6 Å². The lowest BCUT2D eigenvalue weighted by atomic mass is 10.1. The first-order chi connectivity index (χ1) is 13.7. The van der Waals surface area contributed by atoms with E-state index >= 15 is 0 Å². The van der Waals surface area contributed by atoms with Crippen LogP contribution in [0.25, 0.3) is 10.9 Å². The van der Waals surface area contributed by atoms with Gasteiger partial charge in [0.1, 0.15) is 11.4 Å². The highest BCUT2D eigenvalue weighted by Gasteiger charge is 2.18. The molecule has 1 aromatic heterocycles. The number of esters is 1. The van der Waals surface area contributed by atoms with Gasteiger partial charge in [0.2, 0.25) is 0 Å². The van der Waals surface area contributed by atoms with Crippen molar-refractivity contribution in [3.63, 3.8) is 0 Å². The molecule has 0 atom stereocenters. The molecule has 0 saturated heterocycles. The normalized spacial score (nSPS) is 11.5. The fraction of sp³-hybridized carbons (Fsp3) is 0.286. The van der Waals surface area contributed by atoms with E-state index in [1.165, 1.54) is 6.07 Å². The number of hydrogen-bond donors (Lipinski definition) is 0. The van der Waals surface area contributed by atoms with Crippen molar-refractivity contribution in [2.45, 2.75) is 32.9 Å². The fourth-order valence-electron chi connectivity index (χ4n) is 2.81. The highest BCUT2D eigenvalue weighted by Crippen LogP contribution is 2.29. The Morgan fingerprint density at radius 3 is 2.76 bits per heavy atom. The third-order valence-electron chi connectivity index (χ3n) is 4.03. The second kappa shape index (κ2) is 8.55. The Morgan fingerprint density at radius 2 is 2.07 bits per heavy atom. The largest absolute Gasteiger partial charge is 0.481 e. The van der Waals surface area contributed by atoms with E-state index in [-0.39, 0.29) is 17.9 Å². The number of ether oxygens (including phenoxy) is 2. The summed E-state index contributed by atoms with van der Waals surface area (Å²) < 4.78 is 13.5. The summed E-state index contributed by atoms with van der Waals surface area (Å²) >= 11 is 9.89. The van der Waals surface area contributed by atoms with Crippen LogP contribution in [-0.2, 0) is 16.1 Å². The molecular formula is C21H20BrClN2O4. The monoisotopic (exact) mass is 478 g/mol. The summed E-state index contributed by atoms with van der Waals surface area (Å²) in [6, 6.07) is 9.01. The third-order valence-corrected chi connectivity index (χ3v) is 5.07. The number of rotatable bonds is 6. The van der Waals surface area contributed by atoms with E-state index in [9.17, 15) is 9.59 Å². The van der Waals surface area contributed by atoms with Crippen molar-refractivity contribution in [1.29, 1.82) is 0 Å². The van der Waals surface area contributed by atoms with Crippen LogP contribution in [-0.4, -0.2) is 34.2 Å². The lowest BCUT2D eigenvalue weighted by Crippen LogP contribution is -2.27. The summed E-state index contributed by atoms with van der Waals surface area (Å²) in [5.41, 5.74) is 1.29. The predicted octanol–water partition coefficient (Wildman–Crippen LogP) is 5.03. The topological polar surface area (TPSA) is 70.4 Å². The van der Waals surface area contributed by atoms with Gasteiger partial charge in [-0.1, -0.05) is 33.6 Å². The molecule has 0 N–H and O–H groups in total. The second-order valence-corrected chi connectivity index (χ2v) is 8.71. The molecule has 0 aliphatic heterocycles. The maximum Gasteiger partial charge on any atom is 0.344 e. The molecule has 0 bridgehead atoms. The zero-order valence-electron chi connectivity index (χ0n) is 16.2. The van der Waals surface area contributed by atoms with Gasteiger partial charge in [0.25, 0.3) is 0 Å². The first kappa shape index (κ1) is 21.3. The van der Waals surface area contributed by atoms with Crippen molar-refractivity contribution in [1.82, 2.24) is 9.78 Å². The molecule has 0 saturated carbocycles. The Balaban J connectivity index is 1.86. The summed E-state index contributed by atoms with van der Waals surface area (Å²) in [5.74, 6) is -0.253. The summed E-state index contributed by atoms with van der Waals surface area (Å²) in [6.45, 7) is 5.39. The lowest BCUT2D eigenvalue weighted by Gasteiger charge is -2.20. The molecule has 0 amide bonds. The SMILES string of the molecule is CC(C)(C)OC(=O)COc1cc(Cn2ncc3c(Br)cccc32)c(Cl)cc1C=O. The highest BCUT2D eigenvalue weighted by molar-refractivity contribution is 9.10. The van der Waals surface area contributed by atoms with Gasteiger partial charge in [-0.05, 0) is 50.6 Å². The van der Waals surface area contributed by atoms with Crippen molar-refractivity contribution < 1.29 is 19.1 Å². The summed E-state index contributed by atoms with van der Waals surface area (Å²) in [5, 5.41) is 5.82. The number of carbonyl (C=O) groups excluding carboxylic acids is 2. The molecule has 152 valence electrons. The Kier molecular flexibility index (Phi) is 6.29. The van der Waals surface area contributed by atoms with E-state index in [4.69, 9.17) is 21.1 Å². The van der Waals surface area contributed by atoms with Gasteiger partial charge >= 0.3 is 5.97 Å². The van der Waals surface area contributed by atoms with E-state index in [0.29, 0.717) is 23.4 Å². The van der Waals surface area contributed by atoms with Crippen LogP contribution in [0.5, 0.6) is 5.75 Å². The molecule has 3 aromatic rings. The zero-order valence-corrected chi connectivity index (χ0v) is 18.6.